The van der Waals surface area contributed by atoms with E-state index in [0.29, 0.717) is 5.69 Å². The Kier molecular flexibility index (Phi) is 6.30. The zero-order valence-electron chi connectivity index (χ0n) is 13.5. The highest BCUT2D eigenvalue weighted by Crippen LogP contribution is 2.19. The maximum atomic E-state index is 13.1. The largest absolute Gasteiger partial charge is 0.326 e. The molecule has 0 saturated heterocycles. The Morgan fingerprint density at radius 1 is 1.04 bits per heavy atom. The summed E-state index contributed by atoms with van der Waals surface area (Å²) in [7, 11) is -3.92. The van der Waals surface area contributed by atoms with Gasteiger partial charge in [0.15, 0.2) is 0 Å². The molecule has 0 aliphatic carbocycles. The van der Waals surface area contributed by atoms with Crippen LogP contribution in [0.3, 0.4) is 0 Å². The molecule has 0 aliphatic rings. The number of halogens is 2. The second kappa shape index (κ2) is 8.26. The molecule has 0 spiro atoms. The number of nitrogens with one attached hydrogen (secondary N) is 3. The fourth-order valence-electron chi connectivity index (χ4n) is 1.94. The Balaban J connectivity index is 1.97. The SMILES string of the molecule is CC(=O)Nc1ccc(S(=O)(=O)NCC(=O)Nc2ccc(F)c(Cl)c2)cc1. The first-order chi connectivity index (χ1) is 12.2. The first kappa shape index (κ1) is 19.8. The minimum Gasteiger partial charge on any atom is -0.326 e. The van der Waals surface area contributed by atoms with Gasteiger partial charge in [0.25, 0.3) is 0 Å². The minimum absolute atomic E-state index is 0.0655. The number of amides is 2. The van der Waals surface area contributed by atoms with E-state index in [1.54, 1.807) is 0 Å². The van der Waals surface area contributed by atoms with Crippen molar-refractivity contribution < 1.29 is 22.4 Å². The lowest BCUT2D eigenvalue weighted by atomic mass is 10.3. The van der Waals surface area contributed by atoms with E-state index in [1.165, 1.54) is 43.3 Å². The maximum absolute atomic E-state index is 13.1. The van der Waals surface area contributed by atoms with E-state index < -0.39 is 28.3 Å². The first-order valence-corrected chi connectivity index (χ1v) is 9.16. The van der Waals surface area contributed by atoms with Gasteiger partial charge in [0.05, 0.1) is 16.5 Å². The highest BCUT2D eigenvalue weighted by Gasteiger charge is 2.16. The summed E-state index contributed by atoms with van der Waals surface area (Å²) in [4.78, 5) is 22.7. The summed E-state index contributed by atoms with van der Waals surface area (Å²) in [5, 5.41) is 4.75. The van der Waals surface area contributed by atoms with Crippen molar-refractivity contribution in [3.8, 4) is 0 Å². The Labute approximate surface area is 154 Å². The van der Waals surface area contributed by atoms with Gasteiger partial charge in [-0.25, -0.2) is 17.5 Å². The number of benzene rings is 2. The molecule has 0 aromatic heterocycles. The van der Waals surface area contributed by atoms with E-state index >= 15 is 0 Å². The third-order valence-corrected chi connectivity index (χ3v) is 4.82. The molecule has 138 valence electrons. The summed E-state index contributed by atoms with van der Waals surface area (Å²) in [6, 6.07) is 9.04. The molecule has 0 aliphatic heterocycles. The van der Waals surface area contributed by atoms with Gasteiger partial charge < -0.3 is 10.6 Å². The van der Waals surface area contributed by atoms with Crippen LogP contribution < -0.4 is 15.4 Å². The molecular weight excluding hydrogens is 385 g/mol. The second-order valence-corrected chi connectivity index (χ2v) is 7.38. The Morgan fingerprint density at radius 3 is 2.23 bits per heavy atom. The van der Waals surface area contributed by atoms with Crippen molar-refractivity contribution >= 4 is 44.8 Å². The van der Waals surface area contributed by atoms with Crippen LogP contribution >= 0.6 is 11.6 Å². The van der Waals surface area contributed by atoms with Gasteiger partial charge in [-0.3, -0.25) is 9.59 Å². The molecule has 26 heavy (non-hydrogen) atoms. The van der Waals surface area contributed by atoms with Gasteiger partial charge in [-0.1, -0.05) is 11.6 Å². The summed E-state index contributed by atoms with van der Waals surface area (Å²) in [5.74, 6) is -1.56. The van der Waals surface area contributed by atoms with Crippen LogP contribution in [0.4, 0.5) is 15.8 Å². The van der Waals surface area contributed by atoms with Gasteiger partial charge in [0, 0.05) is 18.3 Å². The monoisotopic (exact) mass is 399 g/mol. The summed E-state index contributed by atoms with van der Waals surface area (Å²) < 4.78 is 39.6. The highest BCUT2D eigenvalue weighted by atomic mass is 35.5. The van der Waals surface area contributed by atoms with Gasteiger partial charge >= 0.3 is 0 Å². The van der Waals surface area contributed by atoms with Crippen LogP contribution in [0, 0.1) is 5.82 Å². The van der Waals surface area contributed by atoms with E-state index in [4.69, 9.17) is 11.6 Å². The molecule has 3 N–H and O–H groups in total. The predicted molar refractivity (Wildman–Crippen MR) is 96.0 cm³/mol. The number of hydrogen-bond acceptors (Lipinski definition) is 4. The van der Waals surface area contributed by atoms with Crippen molar-refractivity contribution in [3.05, 3.63) is 53.3 Å². The molecule has 0 fully saturated rings. The van der Waals surface area contributed by atoms with E-state index in [0.717, 1.165) is 6.07 Å². The Bertz CT molecular complexity index is 933. The molecule has 2 amide bonds. The summed E-state index contributed by atoms with van der Waals surface area (Å²) in [5.41, 5.74) is 0.683. The number of carbonyl (C=O) groups excluding carboxylic acids is 2. The van der Waals surface area contributed by atoms with Crippen molar-refractivity contribution in [1.82, 2.24) is 4.72 Å². The highest BCUT2D eigenvalue weighted by molar-refractivity contribution is 7.89. The van der Waals surface area contributed by atoms with Crippen LogP contribution in [0.15, 0.2) is 47.4 Å². The smallest absolute Gasteiger partial charge is 0.241 e. The molecule has 0 radical (unpaired) electrons. The van der Waals surface area contributed by atoms with Crippen LogP contribution in [0.25, 0.3) is 0 Å². The van der Waals surface area contributed by atoms with Crippen LogP contribution in [0.5, 0.6) is 0 Å². The van der Waals surface area contributed by atoms with Crippen LogP contribution in [0.1, 0.15) is 6.92 Å². The van der Waals surface area contributed by atoms with E-state index in [9.17, 15) is 22.4 Å². The van der Waals surface area contributed by atoms with Crippen molar-refractivity contribution in [2.75, 3.05) is 17.2 Å². The third-order valence-electron chi connectivity index (χ3n) is 3.11. The molecule has 7 nitrogen and oxygen atoms in total. The normalized spacial score (nSPS) is 11.0. The summed E-state index contributed by atoms with van der Waals surface area (Å²) in [6.45, 7) is 0.809. The number of sulfonamides is 1. The number of anilines is 2. The van der Waals surface area contributed by atoms with Gasteiger partial charge in [0.2, 0.25) is 21.8 Å². The molecule has 10 heteroatoms. The number of hydrogen-bond donors (Lipinski definition) is 3. The fraction of sp³-hybridized carbons (Fsp3) is 0.125. The molecule has 0 saturated carbocycles. The molecule has 2 aromatic rings. The van der Waals surface area contributed by atoms with E-state index in [2.05, 4.69) is 15.4 Å². The Hall–Kier alpha value is -2.49. The molecule has 0 heterocycles. The van der Waals surface area contributed by atoms with E-state index in [1.807, 2.05) is 0 Å². The topological polar surface area (TPSA) is 104 Å². The van der Waals surface area contributed by atoms with Crippen molar-refractivity contribution in [2.45, 2.75) is 11.8 Å². The molecule has 0 atom stereocenters. The summed E-state index contributed by atoms with van der Waals surface area (Å²) in [6.07, 6.45) is 0. The van der Waals surface area contributed by atoms with Gasteiger partial charge in [-0.2, -0.15) is 0 Å². The molecule has 2 rings (SSSR count). The molecule has 2 aromatic carbocycles. The maximum Gasteiger partial charge on any atom is 0.241 e. The van der Waals surface area contributed by atoms with Crippen molar-refractivity contribution in [2.24, 2.45) is 0 Å². The minimum atomic E-state index is -3.92. The van der Waals surface area contributed by atoms with Crippen molar-refractivity contribution in [1.29, 1.82) is 0 Å². The van der Waals surface area contributed by atoms with Crippen LogP contribution in [-0.4, -0.2) is 26.8 Å². The first-order valence-electron chi connectivity index (χ1n) is 7.29. The van der Waals surface area contributed by atoms with Gasteiger partial charge in [-0.05, 0) is 42.5 Å². The number of rotatable bonds is 6. The molecular formula is C16H15ClFN3O4S. The van der Waals surface area contributed by atoms with E-state index in [-0.39, 0.29) is 21.5 Å². The van der Waals surface area contributed by atoms with Crippen molar-refractivity contribution in [3.63, 3.8) is 0 Å². The molecule has 0 bridgehead atoms. The van der Waals surface area contributed by atoms with Crippen LogP contribution in [-0.2, 0) is 19.6 Å². The lowest BCUT2D eigenvalue weighted by molar-refractivity contribution is -0.115. The lowest BCUT2D eigenvalue weighted by Crippen LogP contribution is -2.32. The predicted octanol–water partition coefficient (Wildman–Crippen LogP) is 2.35. The van der Waals surface area contributed by atoms with Crippen LogP contribution in [0.2, 0.25) is 5.02 Å². The summed E-state index contributed by atoms with van der Waals surface area (Å²) >= 11 is 5.61. The van der Waals surface area contributed by atoms with Gasteiger partial charge in [-0.15, -0.1) is 0 Å². The standard InChI is InChI=1S/C16H15ClFN3O4S/c1-10(22)20-11-2-5-13(6-3-11)26(24,25)19-9-16(23)21-12-4-7-15(18)14(17)8-12/h2-8,19H,9H2,1H3,(H,20,22)(H,21,23). The Morgan fingerprint density at radius 2 is 1.65 bits per heavy atom. The lowest BCUT2D eigenvalue weighted by Gasteiger charge is -2.09. The average Bonchev–Trinajstić information content (AvgIpc) is 2.56. The molecule has 0 unspecified atom stereocenters. The quantitative estimate of drug-likeness (QED) is 0.693. The average molecular weight is 400 g/mol. The second-order valence-electron chi connectivity index (χ2n) is 5.21. The zero-order valence-corrected chi connectivity index (χ0v) is 15.1. The third kappa shape index (κ3) is 5.51. The zero-order chi connectivity index (χ0) is 19.3. The van der Waals surface area contributed by atoms with Gasteiger partial charge in [0.1, 0.15) is 5.82 Å². The fourth-order valence-corrected chi connectivity index (χ4v) is 3.11. The number of carbonyl (C=O) groups is 2.